The zero-order chi connectivity index (χ0) is 24.4. The number of benzene rings is 1. The van der Waals surface area contributed by atoms with Gasteiger partial charge in [-0.3, -0.25) is 4.79 Å². The van der Waals surface area contributed by atoms with Crippen LogP contribution in [0.5, 0.6) is 0 Å². The summed E-state index contributed by atoms with van der Waals surface area (Å²) in [6, 6.07) is 6.13. The Labute approximate surface area is 208 Å². The smallest absolute Gasteiger partial charge is 0.353 e. The Hall–Kier alpha value is -1.56. The van der Waals surface area contributed by atoms with Crippen molar-refractivity contribution in [3.05, 3.63) is 35.4 Å². The lowest BCUT2D eigenvalue weighted by Crippen LogP contribution is -2.47. The van der Waals surface area contributed by atoms with Gasteiger partial charge in [0.05, 0.1) is 5.56 Å². The minimum atomic E-state index is -4.31. The highest BCUT2D eigenvalue weighted by Crippen LogP contribution is 2.43. The van der Waals surface area contributed by atoms with E-state index in [0.29, 0.717) is 36.0 Å². The largest absolute Gasteiger partial charge is 0.416 e. The van der Waals surface area contributed by atoms with E-state index in [0.717, 1.165) is 31.0 Å². The van der Waals surface area contributed by atoms with E-state index in [1.165, 1.54) is 76.3 Å². The van der Waals surface area contributed by atoms with Gasteiger partial charge >= 0.3 is 6.18 Å². The summed E-state index contributed by atoms with van der Waals surface area (Å²) >= 11 is 0. The number of nitrogens with one attached hydrogen (secondary N) is 2. The molecule has 0 bridgehead atoms. The summed E-state index contributed by atoms with van der Waals surface area (Å²) in [5.41, 5.74) is 0.165. The van der Waals surface area contributed by atoms with E-state index in [1.807, 2.05) is 0 Å². The Morgan fingerprint density at radius 1 is 0.914 bits per heavy atom. The van der Waals surface area contributed by atoms with Gasteiger partial charge in [0.25, 0.3) is 0 Å². The number of carbonyl (C=O) groups is 1. The van der Waals surface area contributed by atoms with Crippen molar-refractivity contribution in [2.24, 2.45) is 29.6 Å². The SMILES string of the molecule is O=C(N[C@H]1CC[C@@H]2C(Cc3cccc(C(F)(F)F)c3)NC[C@H]12)C(C1CCCCC1)C1CCCCC1. The van der Waals surface area contributed by atoms with Gasteiger partial charge in [-0.1, -0.05) is 56.7 Å². The minimum absolute atomic E-state index is 0.171. The van der Waals surface area contributed by atoms with Crippen LogP contribution in [0.25, 0.3) is 0 Å². The molecule has 0 aromatic heterocycles. The molecule has 1 heterocycles. The van der Waals surface area contributed by atoms with Gasteiger partial charge < -0.3 is 10.6 Å². The van der Waals surface area contributed by atoms with E-state index in [1.54, 1.807) is 6.07 Å². The minimum Gasteiger partial charge on any atom is -0.353 e. The van der Waals surface area contributed by atoms with Gasteiger partial charge in [-0.25, -0.2) is 0 Å². The monoisotopic (exact) mass is 490 g/mol. The lowest BCUT2D eigenvalue weighted by molar-refractivity contribution is -0.137. The van der Waals surface area contributed by atoms with Crippen LogP contribution < -0.4 is 10.6 Å². The van der Waals surface area contributed by atoms with Crippen molar-refractivity contribution in [2.45, 2.75) is 102 Å². The fourth-order valence-electron chi connectivity index (χ4n) is 7.94. The standard InChI is InChI=1S/C29H41F3N2O/c30-29(31,32)22-13-7-8-19(16-22)17-26-23-14-15-25(24(23)18-33-26)34-28(35)27(20-9-3-1-4-10-20)21-11-5-2-6-12-21/h7-8,13,16,20-21,23-27,33H,1-6,9-12,14-15,17-18H2,(H,34,35)/t23-,24-,25-,26?/m0/s1. The summed E-state index contributed by atoms with van der Waals surface area (Å²) in [7, 11) is 0. The third-order valence-corrected chi connectivity index (χ3v) is 9.67. The summed E-state index contributed by atoms with van der Waals surface area (Å²) in [4.78, 5) is 13.8. The number of hydrogen-bond donors (Lipinski definition) is 2. The van der Waals surface area contributed by atoms with Gasteiger partial charge in [-0.2, -0.15) is 13.2 Å². The quantitative estimate of drug-likeness (QED) is 0.477. The summed E-state index contributed by atoms with van der Waals surface area (Å²) in [6.45, 7) is 0.844. The van der Waals surface area contributed by atoms with E-state index in [2.05, 4.69) is 10.6 Å². The Kier molecular flexibility index (Phi) is 7.76. The van der Waals surface area contributed by atoms with E-state index < -0.39 is 11.7 Å². The average molecular weight is 491 g/mol. The van der Waals surface area contributed by atoms with Crippen molar-refractivity contribution in [1.82, 2.24) is 10.6 Å². The van der Waals surface area contributed by atoms with E-state index in [4.69, 9.17) is 0 Å². The van der Waals surface area contributed by atoms with Gasteiger partial charge in [0, 0.05) is 24.5 Å². The summed E-state index contributed by atoms with van der Waals surface area (Å²) in [5, 5.41) is 7.12. The molecule has 4 atom stereocenters. The first kappa shape index (κ1) is 25.1. The first-order valence-corrected chi connectivity index (χ1v) is 14.1. The molecule has 0 spiro atoms. The molecule has 4 fully saturated rings. The van der Waals surface area contributed by atoms with Crippen LogP contribution in [-0.4, -0.2) is 24.5 Å². The third kappa shape index (κ3) is 5.73. The number of fused-ring (bicyclic) bond motifs is 1. The van der Waals surface area contributed by atoms with Crippen molar-refractivity contribution in [3.63, 3.8) is 0 Å². The van der Waals surface area contributed by atoms with Crippen LogP contribution >= 0.6 is 0 Å². The van der Waals surface area contributed by atoms with Crippen LogP contribution in [0.3, 0.4) is 0 Å². The molecule has 1 amide bonds. The van der Waals surface area contributed by atoms with Gasteiger partial charge in [-0.15, -0.1) is 0 Å². The molecule has 1 aliphatic heterocycles. The number of carbonyl (C=O) groups excluding carboxylic acids is 1. The van der Waals surface area contributed by atoms with Gasteiger partial charge in [-0.05, 0) is 80.2 Å². The van der Waals surface area contributed by atoms with Gasteiger partial charge in [0.1, 0.15) is 0 Å². The van der Waals surface area contributed by atoms with Crippen LogP contribution in [0.2, 0.25) is 0 Å². The van der Waals surface area contributed by atoms with Crippen LogP contribution in [0, 0.1) is 29.6 Å². The Bertz CT molecular complexity index is 842. The number of alkyl halides is 3. The molecule has 3 nitrogen and oxygen atoms in total. The number of amides is 1. The number of halogens is 3. The normalized spacial score (nSPS) is 30.5. The molecule has 35 heavy (non-hydrogen) atoms. The topological polar surface area (TPSA) is 41.1 Å². The molecule has 3 saturated carbocycles. The second-order valence-corrected chi connectivity index (χ2v) is 11.8. The predicted octanol–water partition coefficient (Wildman–Crippen LogP) is 6.51. The highest BCUT2D eigenvalue weighted by atomic mass is 19.4. The molecule has 5 rings (SSSR count). The number of rotatable bonds is 6. The fourth-order valence-corrected chi connectivity index (χ4v) is 7.94. The van der Waals surface area contributed by atoms with Gasteiger partial charge in [0.2, 0.25) is 5.91 Å². The molecule has 0 radical (unpaired) electrons. The molecule has 1 aromatic carbocycles. The first-order valence-electron chi connectivity index (χ1n) is 14.1. The fraction of sp³-hybridized carbons (Fsp3) is 0.759. The van der Waals surface area contributed by atoms with Gasteiger partial charge in [0.15, 0.2) is 0 Å². The molecule has 6 heteroatoms. The van der Waals surface area contributed by atoms with Crippen molar-refractivity contribution in [3.8, 4) is 0 Å². The first-order chi connectivity index (χ1) is 16.9. The Balaban J connectivity index is 1.22. The Morgan fingerprint density at radius 2 is 1.57 bits per heavy atom. The maximum atomic E-state index is 13.8. The molecule has 3 aliphatic carbocycles. The molecule has 1 unspecified atom stereocenters. The van der Waals surface area contributed by atoms with Crippen molar-refractivity contribution < 1.29 is 18.0 Å². The van der Waals surface area contributed by atoms with Crippen molar-refractivity contribution >= 4 is 5.91 Å². The highest BCUT2D eigenvalue weighted by Gasteiger charge is 2.46. The Morgan fingerprint density at radius 3 is 2.20 bits per heavy atom. The zero-order valence-electron chi connectivity index (χ0n) is 20.8. The second-order valence-electron chi connectivity index (χ2n) is 11.8. The molecule has 4 aliphatic rings. The lowest BCUT2D eigenvalue weighted by atomic mass is 9.69. The summed E-state index contributed by atoms with van der Waals surface area (Å²) in [5.74, 6) is 2.35. The summed E-state index contributed by atoms with van der Waals surface area (Å²) < 4.78 is 39.4. The maximum absolute atomic E-state index is 13.8. The van der Waals surface area contributed by atoms with E-state index >= 15 is 0 Å². The molecule has 1 aromatic rings. The third-order valence-electron chi connectivity index (χ3n) is 9.67. The lowest BCUT2D eigenvalue weighted by Gasteiger charge is -2.37. The van der Waals surface area contributed by atoms with Crippen LogP contribution in [-0.2, 0) is 17.4 Å². The molecule has 2 N–H and O–H groups in total. The van der Waals surface area contributed by atoms with Crippen molar-refractivity contribution in [1.29, 1.82) is 0 Å². The number of hydrogen-bond acceptors (Lipinski definition) is 2. The van der Waals surface area contributed by atoms with Crippen LogP contribution in [0.15, 0.2) is 24.3 Å². The second kappa shape index (κ2) is 10.8. The predicted molar refractivity (Wildman–Crippen MR) is 132 cm³/mol. The van der Waals surface area contributed by atoms with Crippen LogP contribution in [0.4, 0.5) is 13.2 Å². The van der Waals surface area contributed by atoms with E-state index in [9.17, 15) is 18.0 Å². The van der Waals surface area contributed by atoms with E-state index in [-0.39, 0.29) is 18.0 Å². The highest BCUT2D eigenvalue weighted by molar-refractivity contribution is 5.79. The maximum Gasteiger partial charge on any atom is 0.416 e. The zero-order valence-corrected chi connectivity index (χ0v) is 20.8. The molecule has 1 saturated heterocycles. The van der Waals surface area contributed by atoms with Crippen LogP contribution in [0.1, 0.15) is 88.2 Å². The van der Waals surface area contributed by atoms with Crippen molar-refractivity contribution in [2.75, 3.05) is 6.54 Å². The molecular formula is C29H41F3N2O. The average Bonchev–Trinajstić information content (AvgIpc) is 3.44. The molecule has 194 valence electrons. The summed E-state index contributed by atoms with van der Waals surface area (Å²) in [6.07, 6.45) is 10.8. The molecular weight excluding hydrogens is 449 g/mol.